The van der Waals surface area contributed by atoms with Gasteiger partial charge >= 0.3 is 0 Å². The fraction of sp³-hybridized carbons (Fsp3) is 0.353. The molecule has 0 bridgehead atoms. The minimum Gasteiger partial charge on any atom is -0.490 e. The SMILES string of the molecule is C#CC(C)(C)C(O)(COc1ccc(Br)cc1)Cn1ccnc1. The number of nitrogens with zero attached hydrogens (tertiary/aromatic N) is 2. The second-order valence-corrected chi connectivity index (χ2v) is 6.69. The van der Waals surface area contributed by atoms with E-state index in [-0.39, 0.29) is 6.61 Å². The van der Waals surface area contributed by atoms with Crippen molar-refractivity contribution in [2.24, 2.45) is 5.41 Å². The van der Waals surface area contributed by atoms with Crippen molar-refractivity contribution in [2.75, 3.05) is 6.61 Å². The van der Waals surface area contributed by atoms with Gasteiger partial charge in [0.05, 0.1) is 18.3 Å². The number of aromatic nitrogens is 2. The monoisotopic (exact) mass is 362 g/mol. The summed E-state index contributed by atoms with van der Waals surface area (Å²) in [5.74, 6) is 3.35. The summed E-state index contributed by atoms with van der Waals surface area (Å²) in [6, 6.07) is 7.45. The van der Waals surface area contributed by atoms with Crippen LogP contribution >= 0.6 is 15.9 Å². The molecule has 1 aromatic carbocycles. The molecule has 2 rings (SSSR count). The molecular formula is C17H19BrN2O2. The number of rotatable bonds is 6. The highest BCUT2D eigenvalue weighted by Gasteiger charge is 2.43. The molecule has 5 heteroatoms. The van der Waals surface area contributed by atoms with Gasteiger partial charge in [-0.1, -0.05) is 21.9 Å². The Labute approximate surface area is 139 Å². The molecule has 0 radical (unpaired) electrons. The average Bonchev–Trinajstić information content (AvgIpc) is 2.99. The van der Waals surface area contributed by atoms with E-state index in [2.05, 4.69) is 26.8 Å². The van der Waals surface area contributed by atoms with Gasteiger partial charge in [-0.2, -0.15) is 0 Å². The van der Waals surface area contributed by atoms with E-state index in [9.17, 15) is 5.11 Å². The first-order valence-corrected chi connectivity index (χ1v) is 7.70. The quantitative estimate of drug-likeness (QED) is 0.803. The van der Waals surface area contributed by atoms with Crippen LogP contribution in [0.1, 0.15) is 13.8 Å². The highest BCUT2D eigenvalue weighted by Crippen LogP contribution is 2.33. The maximum Gasteiger partial charge on any atom is 0.132 e. The molecule has 0 fully saturated rings. The van der Waals surface area contributed by atoms with Crippen LogP contribution in [0.3, 0.4) is 0 Å². The molecule has 0 saturated heterocycles. The first kappa shape index (κ1) is 16.6. The van der Waals surface area contributed by atoms with Crippen molar-refractivity contribution < 1.29 is 9.84 Å². The maximum absolute atomic E-state index is 11.1. The van der Waals surface area contributed by atoms with Crippen LogP contribution < -0.4 is 4.74 Å². The molecule has 0 spiro atoms. The zero-order valence-corrected chi connectivity index (χ0v) is 14.2. The molecule has 1 atom stereocenters. The fourth-order valence-corrected chi connectivity index (χ4v) is 2.24. The second kappa shape index (κ2) is 6.55. The van der Waals surface area contributed by atoms with E-state index in [0.717, 1.165) is 4.47 Å². The maximum atomic E-state index is 11.1. The number of terminal acetylenes is 1. The lowest BCUT2D eigenvalue weighted by atomic mass is 9.75. The number of benzene rings is 1. The Morgan fingerprint density at radius 2 is 2.05 bits per heavy atom. The molecule has 1 aromatic heterocycles. The molecule has 0 saturated carbocycles. The average molecular weight is 363 g/mol. The zero-order chi connectivity index (χ0) is 16.2. The molecule has 0 amide bonds. The van der Waals surface area contributed by atoms with E-state index in [4.69, 9.17) is 11.2 Å². The number of hydrogen-bond acceptors (Lipinski definition) is 3. The van der Waals surface area contributed by atoms with Crippen LogP contribution in [0.5, 0.6) is 5.75 Å². The summed E-state index contributed by atoms with van der Waals surface area (Å²) in [6.45, 7) is 4.05. The molecule has 22 heavy (non-hydrogen) atoms. The third-order valence-corrected chi connectivity index (χ3v) is 4.35. The van der Waals surface area contributed by atoms with E-state index in [1.807, 2.05) is 38.1 Å². The van der Waals surface area contributed by atoms with Crippen LogP contribution in [0.2, 0.25) is 0 Å². The van der Waals surface area contributed by atoms with E-state index in [1.165, 1.54) is 0 Å². The Bertz CT molecular complexity index is 644. The standard InChI is InChI=1S/C17H19BrN2O2/c1-4-16(2,3)17(21,11-20-10-9-19-13-20)12-22-15-7-5-14(18)6-8-15/h1,5-10,13,21H,11-12H2,2-3H3. The van der Waals surface area contributed by atoms with Crippen molar-refractivity contribution in [1.29, 1.82) is 0 Å². The van der Waals surface area contributed by atoms with Gasteiger partial charge in [-0.3, -0.25) is 0 Å². The minimum absolute atomic E-state index is 0.0873. The van der Waals surface area contributed by atoms with E-state index in [1.54, 1.807) is 23.3 Å². The lowest BCUT2D eigenvalue weighted by Gasteiger charge is -2.39. The summed E-state index contributed by atoms with van der Waals surface area (Å²) in [6.07, 6.45) is 10.7. The van der Waals surface area contributed by atoms with Gasteiger partial charge in [0, 0.05) is 16.9 Å². The highest BCUT2D eigenvalue weighted by atomic mass is 79.9. The minimum atomic E-state index is -1.23. The normalized spacial score (nSPS) is 14.1. The van der Waals surface area contributed by atoms with Crippen molar-refractivity contribution in [2.45, 2.75) is 26.0 Å². The molecular weight excluding hydrogens is 344 g/mol. The smallest absolute Gasteiger partial charge is 0.132 e. The number of aliphatic hydroxyl groups is 1. The summed E-state index contributed by atoms with van der Waals surface area (Å²) in [5, 5.41) is 11.1. The number of hydrogen-bond donors (Lipinski definition) is 1. The van der Waals surface area contributed by atoms with Crippen molar-refractivity contribution in [3.8, 4) is 18.1 Å². The van der Waals surface area contributed by atoms with Gasteiger partial charge in [-0.05, 0) is 38.1 Å². The molecule has 0 aliphatic rings. The van der Waals surface area contributed by atoms with Gasteiger partial charge in [0.15, 0.2) is 0 Å². The molecule has 1 unspecified atom stereocenters. The first-order valence-electron chi connectivity index (χ1n) is 6.90. The second-order valence-electron chi connectivity index (χ2n) is 5.78. The number of ether oxygens (including phenoxy) is 1. The molecule has 4 nitrogen and oxygen atoms in total. The lowest BCUT2D eigenvalue weighted by molar-refractivity contribution is -0.0828. The Morgan fingerprint density at radius 3 is 2.59 bits per heavy atom. The van der Waals surface area contributed by atoms with Crippen LogP contribution in [-0.2, 0) is 6.54 Å². The van der Waals surface area contributed by atoms with Gasteiger partial charge in [0.25, 0.3) is 0 Å². The zero-order valence-electron chi connectivity index (χ0n) is 12.7. The van der Waals surface area contributed by atoms with Crippen LogP contribution in [0.15, 0.2) is 47.5 Å². The Hall–Kier alpha value is -1.77. The molecule has 1 heterocycles. The summed E-state index contributed by atoms with van der Waals surface area (Å²) in [7, 11) is 0. The van der Waals surface area contributed by atoms with Crippen molar-refractivity contribution in [1.82, 2.24) is 9.55 Å². The topological polar surface area (TPSA) is 47.3 Å². The van der Waals surface area contributed by atoms with E-state index < -0.39 is 11.0 Å². The predicted molar refractivity (Wildman–Crippen MR) is 89.4 cm³/mol. The van der Waals surface area contributed by atoms with E-state index >= 15 is 0 Å². The summed E-state index contributed by atoms with van der Waals surface area (Å²) < 4.78 is 8.53. The number of imidazole rings is 1. The largest absolute Gasteiger partial charge is 0.490 e. The lowest BCUT2D eigenvalue weighted by Crippen LogP contribution is -2.51. The highest BCUT2D eigenvalue weighted by molar-refractivity contribution is 9.10. The Morgan fingerprint density at radius 1 is 1.36 bits per heavy atom. The van der Waals surface area contributed by atoms with Gasteiger partial charge < -0.3 is 14.4 Å². The molecule has 0 aliphatic heterocycles. The van der Waals surface area contributed by atoms with Gasteiger partial charge in [0.2, 0.25) is 0 Å². The van der Waals surface area contributed by atoms with Crippen molar-refractivity contribution in [3.63, 3.8) is 0 Å². The van der Waals surface area contributed by atoms with E-state index in [0.29, 0.717) is 12.3 Å². The third-order valence-electron chi connectivity index (χ3n) is 3.82. The van der Waals surface area contributed by atoms with Gasteiger partial charge in [-0.15, -0.1) is 6.42 Å². The van der Waals surface area contributed by atoms with Crippen LogP contribution in [0.4, 0.5) is 0 Å². The summed E-state index contributed by atoms with van der Waals surface area (Å²) in [4.78, 5) is 4.00. The molecule has 1 N–H and O–H groups in total. The van der Waals surface area contributed by atoms with Gasteiger partial charge in [-0.25, -0.2) is 4.98 Å². The summed E-state index contributed by atoms with van der Waals surface area (Å²) in [5.41, 5.74) is -1.98. The number of halogens is 1. The van der Waals surface area contributed by atoms with Crippen LogP contribution in [0.25, 0.3) is 0 Å². The van der Waals surface area contributed by atoms with Crippen LogP contribution in [-0.4, -0.2) is 26.9 Å². The van der Waals surface area contributed by atoms with Crippen molar-refractivity contribution >= 4 is 15.9 Å². The van der Waals surface area contributed by atoms with Gasteiger partial charge in [0.1, 0.15) is 18.0 Å². The first-order chi connectivity index (χ1) is 10.4. The molecule has 116 valence electrons. The molecule has 0 aliphatic carbocycles. The Balaban J connectivity index is 2.17. The Kier molecular flexibility index (Phi) is 4.94. The third kappa shape index (κ3) is 3.70. The summed E-state index contributed by atoms with van der Waals surface area (Å²) >= 11 is 3.38. The van der Waals surface area contributed by atoms with Crippen molar-refractivity contribution in [3.05, 3.63) is 47.5 Å². The van der Waals surface area contributed by atoms with Crippen LogP contribution in [0, 0.1) is 17.8 Å². The predicted octanol–water partition coefficient (Wildman–Crippen LogP) is 3.12. The fourth-order valence-electron chi connectivity index (χ4n) is 1.97. The molecule has 2 aromatic rings.